The van der Waals surface area contributed by atoms with Gasteiger partial charge in [0.2, 0.25) is 0 Å². The smallest absolute Gasteiger partial charge is 0.490 e. The summed E-state index contributed by atoms with van der Waals surface area (Å²) >= 11 is 0. The summed E-state index contributed by atoms with van der Waals surface area (Å²) in [6.45, 7) is 1.49. The average molecular weight is 341 g/mol. The summed E-state index contributed by atoms with van der Waals surface area (Å²) < 4.78 is 39.4. The number of para-hydroxylation sites is 1. The largest absolute Gasteiger partial charge is 1.00 e. The number of hydrogen-bond acceptors (Lipinski definition) is 6. The third-order valence-corrected chi connectivity index (χ3v) is 3.25. The van der Waals surface area contributed by atoms with Crippen LogP contribution in [0.5, 0.6) is 5.75 Å². The van der Waals surface area contributed by atoms with Crippen molar-refractivity contribution >= 4 is 16.1 Å². The van der Waals surface area contributed by atoms with Crippen LogP contribution in [0.15, 0.2) is 24.3 Å². The molecule has 118 valence electrons. The van der Waals surface area contributed by atoms with Crippen molar-refractivity contribution in [1.29, 1.82) is 0 Å². The number of rotatable bonds is 8. The number of hydrogen-bond donors (Lipinski definition) is 2. The number of carbonyl (C=O) groups is 1. The molecule has 0 heterocycles. The Morgan fingerprint density at radius 2 is 1.91 bits per heavy atom. The van der Waals surface area contributed by atoms with Gasteiger partial charge in [0.1, 0.15) is 25.1 Å². The fraction of sp³-hybridized carbons (Fsp3) is 0.462. The Labute approximate surface area is 151 Å². The van der Waals surface area contributed by atoms with E-state index in [0.29, 0.717) is 5.75 Å². The van der Waals surface area contributed by atoms with E-state index in [1.54, 1.807) is 12.1 Å². The molecule has 0 saturated heterocycles. The number of esters is 1. The van der Waals surface area contributed by atoms with Crippen molar-refractivity contribution in [2.45, 2.75) is 19.4 Å². The van der Waals surface area contributed by atoms with E-state index in [9.17, 15) is 18.3 Å². The molecule has 2 N–H and O–H groups in total. The first-order chi connectivity index (χ1) is 9.78. The standard InChI is InChI=1S/C13H18O7S.Na/c1-10-4-2-3-5-12(10)19-8-11(14)9-20-13(15)6-7-21(16,17)18;/h2-5,11,14H,6-9H2,1H3,(H,16,17,18);/q;+1. The monoisotopic (exact) mass is 341 g/mol. The van der Waals surface area contributed by atoms with Crippen LogP contribution in [0.4, 0.5) is 0 Å². The van der Waals surface area contributed by atoms with Gasteiger partial charge in [0.05, 0.1) is 12.2 Å². The maximum atomic E-state index is 11.2. The van der Waals surface area contributed by atoms with E-state index in [1.165, 1.54) is 0 Å². The molecule has 0 aromatic heterocycles. The molecule has 1 aromatic carbocycles. The van der Waals surface area contributed by atoms with Gasteiger partial charge < -0.3 is 14.6 Å². The van der Waals surface area contributed by atoms with E-state index in [1.807, 2.05) is 19.1 Å². The summed E-state index contributed by atoms with van der Waals surface area (Å²) in [5.74, 6) is -0.904. The summed E-state index contributed by atoms with van der Waals surface area (Å²) in [6, 6.07) is 7.26. The number of aliphatic hydroxyl groups is 1. The van der Waals surface area contributed by atoms with Crippen molar-refractivity contribution in [3.63, 3.8) is 0 Å². The van der Waals surface area contributed by atoms with Crippen molar-refractivity contribution in [3.05, 3.63) is 29.8 Å². The van der Waals surface area contributed by atoms with Gasteiger partial charge in [-0.1, -0.05) is 18.2 Å². The SMILES string of the molecule is Cc1ccccc1OCC(O)COC(=O)CCS(=O)(=O)O.[Na+]. The van der Waals surface area contributed by atoms with Crippen LogP contribution in [-0.4, -0.2) is 49.1 Å². The second-order valence-electron chi connectivity index (χ2n) is 4.45. The first-order valence-corrected chi connectivity index (χ1v) is 7.86. The van der Waals surface area contributed by atoms with Gasteiger partial charge in [-0.3, -0.25) is 9.35 Å². The number of aliphatic hydroxyl groups excluding tert-OH is 1. The zero-order chi connectivity index (χ0) is 15.9. The molecule has 0 saturated carbocycles. The van der Waals surface area contributed by atoms with Crippen LogP contribution in [0.3, 0.4) is 0 Å². The number of carbonyl (C=O) groups excluding carboxylic acids is 1. The number of benzene rings is 1. The van der Waals surface area contributed by atoms with Gasteiger partial charge in [0.25, 0.3) is 10.1 Å². The minimum Gasteiger partial charge on any atom is -0.490 e. The fourth-order valence-electron chi connectivity index (χ4n) is 1.43. The molecule has 1 unspecified atom stereocenters. The van der Waals surface area contributed by atoms with Crippen LogP contribution < -0.4 is 34.3 Å². The molecule has 0 aliphatic carbocycles. The molecule has 1 rings (SSSR count). The molecule has 22 heavy (non-hydrogen) atoms. The van der Waals surface area contributed by atoms with Crippen LogP contribution in [-0.2, 0) is 19.6 Å². The van der Waals surface area contributed by atoms with Gasteiger partial charge in [-0.15, -0.1) is 0 Å². The molecule has 0 amide bonds. The van der Waals surface area contributed by atoms with E-state index in [-0.39, 0.29) is 42.8 Å². The van der Waals surface area contributed by atoms with E-state index < -0.39 is 34.4 Å². The van der Waals surface area contributed by atoms with Crippen molar-refractivity contribution < 1.29 is 61.9 Å². The molecular weight excluding hydrogens is 323 g/mol. The molecule has 0 bridgehead atoms. The first kappa shape index (κ1) is 21.4. The first-order valence-electron chi connectivity index (χ1n) is 6.25. The topological polar surface area (TPSA) is 110 Å². The second kappa shape index (κ2) is 10.2. The Kier molecular flexibility index (Phi) is 9.90. The summed E-state index contributed by atoms with van der Waals surface area (Å²) in [7, 11) is -4.20. The molecule has 0 aliphatic heterocycles. The summed E-state index contributed by atoms with van der Waals surface area (Å²) in [5, 5.41) is 9.61. The Hall–Kier alpha value is -0.640. The van der Waals surface area contributed by atoms with Gasteiger partial charge in [0.15, 0.2) is 0 Å². The molecule has 1 atom stereocenters. The van der Waals surface area contributed by atoms with Crippen LogP contribution in [0.2, 0.25) is 0 Å². The minimum absolute atomic E-state index is 0. The molecule has 7 nitrogen and oxygen atoms in total. The summed E-state index contributed by atoms with van der Waals surface area (Å²) in [6.07, 6.45) is -1.50. The van der Waals surface area contributed by atoms with Crippen LogP contribution in [0.1, 0.15) is 12.0 Å². The van der Waals surface area contributed by atoms with E-state index >= 15 is 0 Å². The molecule has 9 heteroatoms. The van der Waals surface area contributed by atoms with Gasteiger partial charge in [0, 0.05) is 0 Å². The molecule has 1 aromatic rings. The molecule has 0 aliphatic rings. The second-order valence-corrected chi connectivity index (χ2v) is 6.02. The van der Waals surface area contributed by atoms with Crippen LogP contribution in [0, 0.1) is 6.92 Å². The molecule has 0 radical (unpaired) electrons. The summed E-state index contributed by atoms with van der Waals surface area (Å²) in [5.41, 5.74) is 0.912. The molecule has 0 spiro atoms. The van der Waals surface area contributed by atoms with Gasteiger partial charge >= 0.3 is 35.5 Å². The minimum atomic E-state index is -4.20. The Bertz CT molecular complexity index is 574. The third-order valence-electron chi connectivity index (χ3n) is 2.53. The maximum Gasteiger partial charge on any atom is 1.00 e. The van der Waals surface area contributed by atoms with Gasteiger partial charge in [-0.05, 0) is 18.6 Å². The van der Waals surface area contributed by atoms with E-state index in [4.69, 9.17) is 9.29 Å². The summed E-state index contributed by atoms with van der Waals surface area (Å²) in [4.78, 5) is 11.2. The van der Waals surface area contributed by atoms with Gasteiger partial charge in [-0.2, -0.15) is 8.42 Å². The van der Waals surface area contributed by atoms with Crippen molar-refractivity contribution in [2.24, 2.45) is 0 Å². The fourth-order valence-corrected chi connectivity index (χ4v) is 1.85. The predicted molar refractivity (Wildman–Crippen MR) is 74.7 cm³/mol. The Morgan fingerprint density at radius 1 is 1.27 bits per heavy atom. The zero-order valence-corrected chi connectivity index (χ0v) is 15.4. The third kappa shape index (κ3) is 9.39. The number of ether oxygens (including phenoxy) is 2. The molecule has 0 fully saturated rings. The van der Waals surface area contributed by atoms with Crippen LogP contribution in [0.25, 0.3) is 0 Å². The Morgan fingerprint density at radius 3 is 2.50 bits per heavy atom. The van der Waals surface area contributed by atoms with E-state index in [2.05, 4.69) is 4.74 Å². The van der Waals surface area contributed by atoms with Crippen molar-refractivity contribution in [2.75, 3.05) is 19.0 Å². The number of aryl methyl sites for hydroxylation is 1. The quantitative estimate of drug-likeness (QED) is 0.307. The average Bonchev–Trinajstić information content (AvgIpc) is 2.41. The van der Waals surface area contributed by atoms with Crippen molar-refractivity contribution in [3.8, 4) is 5.75 Å². The normalized spacial score (nSPS) is 12.1. The zero-order valence-electron chi connectivity index (χ0n) is 12.6. The van der Waals surface area contributed by atoms with Gasteiger partial charge in [-0.25, -0.2) is 0 Å². The van der Waals surface area contributed by atoms with Crippen LogP contribution >= 0.6 is 0 Å². The van der Waals surface area contributed by atoms with E-state index in [0.717, 1.165) is 5.56 Å². The molecular formula is C13H18NaO7S+. The predicted octanol–water partition coefficient (Wildman–Crippen LogP) is -2.44. The Balaban J connectivity index is 0.00000441. The maximum absolute atomic E-state index is 11.2. The van der Waals surface area contributed by atoms with Crippen molar-refractivity contribution in [1.82, 2.24) is 0 Å².